The van der Waals surface area contributed by atoms with Gasteiger partial charge in [-0.2, -0.15) is 0 Å². The number of furan rings is 1. The van der Waals surface area contributed by atoms with Gasteiger partial charge in [-0.25, -0.2) is 4.79 Å². The molecule has 0 spiro atoms. The van der Waals surface area contributed by atoms with E-state index < -0.39 is 5.97 Å². The Morgan fingerprint density at radius 1 is 1.04 bits per heavy atom. The Kier molecular flexibility index (Phi) is 3.72. The number of hydrogen-bond acceptors (Lipinski definition) is 3. The van der Waals surface area contributed by atoms with Crippen LogP contribution in [0.5, 0.6) is 5.75 Å². The molecule has 1 aromatic heterocycles. The van der Waals surface area contributed by atoms with E-state index in [9.17, 15) is 4.79 Å². The van der Waals surface area contributed by atoms with Gasteiger partial charge in [0.2, 0.25) is 5.76 Å². The zero-order chi connectivity index (χ0) is 16.6. The molecule has 0 fully saturated rings. The van der Waals surface area contributed by atoms with Crippen molar-refractivity contribution in [1.29, 1.82) is 0 Å². The molecular formula is C20H20O3. The minimum atomic E-state index is -0.479. The number of fused-ring (bicyclic) bond motifs is 1. The van der Waals surface area contributed by atoms with Crippen molar-refractivity contribution in [2.75, 3.05) is 0 Å². The SMILES string of the molecule is Cc1cc(C(C)(C)C)ccc1OC(=O)c1cc2ccccc2o1. The number of rotatable bonds is 2. The van der Waals surface area contributed by atoms with Crippen LogP contribution in [0.25, 0.3) is 11.0 Å². The van der Waals surface area contributed by atoms with Gasteiger partial charge in [0.15, 0.2) is 0 Å². The fraction of sp³-hybridized carbons (Fsp3) is 0.250. The molecule has 0 aliphatic rings. The van der Waals surface area contributed by atoms with E-state index >= 15 is 0 Å². The number of aryl methyl sites for hydroxylation is 1. The van der Waals surface area contributed by atoms with E-state index in [-0.39, 0.29) is 11.2 Å². The Bertz CT molecular complexity index is 833. The van der Waals surface area contributed by atoms with Gasteiger partial charge in [-0.1, -0.05) is 51.1 Å². The zero-order valence-electron chi connectivity index (χ0n) is 13.8. The number of carbonyl (C=O) groups excluding carboxylic acids is 1. The van der Waals surface area contributed by atoms with Gasteiger partial charge >= 0.3 is 5.97 Å². The lowest BCUT2D eigenvalue weighted by molar-refractivity contribution is 0.0702. The lowest BCUT2D eigenvalue weighted by Crippen LogP contribution is -2.12. The smallest absolute Gasteiger partial charge is 0.379 e. The van der Waals surface area contributed by atoms with Crippen molar-refractivity contribution < 1.29 is 13.9 Å². The highest BCUT2D eigenvalue weighted by molar-refractivity contribution is 5.93. The lowest BCUT2D eigenvalue weighted by Gasteiger charge is -2.20. The van der Waals surface area contributed by atoms with Crippen molar-refractivity contribution >= 4 is 16.9 Å². The minimum absolute atomic E-state index is 0.0615. The Morgan fingerprint density at radius 3 is 2.43 bits per heavy atom. The molecule has 3 nitrogen and oxygen atoms in total. The molecule has 2 aromatic carbocycles. The normalized spacial score (nSPS) is 11.7. The molecular weight excluding hydrogens is 288 g/mol. The predicted molar refractivity (Wildman–Crippen MR) is 91.1 cm³/mol. The second-order valence-electron chi connectivity index (χ2n) is 6.77. The van der Waals surface area contributed by atoms with Gasteiger partial charge in [-0.3, -0.25) is 0 Å². The van der Waals surface area contributed by atoms with Crippen LogP contribution in [0.1, 0.15) is 42.5 Å². The first-order valence-electron chi connectivity index (χ1n) is 7.66. The van der Waals surface area contributed by atoms with E-state index in [1.54, 1.807) is 6.07 Å². The van der Waals surface area contributed by atoms with Crippen LogP contribution < -0.4 is 4.74 Å². The Hall–Kier alpha value is -2.55. The van der Waals surface area contributed by atoms with Gasteiger partial charge in [-0.15, -0.1) is 0 Å². The summed E-state index contributed by atoms with van der Waals surface area (Å²) in [5.41, 5.74) is 2.88. The third kappa shape index (κ3) is 3.14. The summed E-state index contributed by atoms with van der Waals surface area (Å²) in [7, 11) is 0. The summed E-state index contributed by atoms with van der Waals surface area (Å²) < 4.78 is 11.0. The van der Waals surface area contributed by atoms with Gasteiger partial charge in [0.05, 0.1) is 0 Å². The van der Waals surface area contributed by atoms with E-state index in [2.05, 4.69) is 26.8 Å². The Balaban J connectivity index is 1.85. The summed E-state index contributed by atoms with van der Waals surface area (Å²) in [5, 5.41) is 0.888. The quantitative estimate of drug-likeness (QED) is 0.479. The van der Waals surface area contributed by atoms with Crippen molar-refractivity contribution in [3.05, 3.63) is 65.4 Å². The largest absolute Gasteiger partial charge is 0.449 e. The van der Waals surface area contributed by atoms with E-state index in [1.165, 1.54) is 5.56 Å². The third-order valence-corrected chi connectivity index (χ3v) is 3.87. The Morgan fingerprint density at radius 2 is 1.78 bits per heavy atom. The molecule has 0 unspecified atom stereocenters. The molecule has 3 aromatic rings. The maximum Gasteiger partial charge on any atom is 0.379 e. The van der Waals surface area contributed by atoms with Crippen LogP contribution in [0.15, 0.2) is 52.9 Å². The summed E-state index contributed by atoms with van der Waals surface area (Å²) >= 11 is 0. The first kappa shape index (κ1) is 15.3. The van der Waals surface area contributed by atoms with Crippen LogP contribution in [0.2, 0.25) is 0 Å². The number of ether oxygens (including phenoxy) is 1. The van der Waals surface area contributed by atoms with Crippen molar-refractivity contribution in [2.24, 2.45) is 0 Å². The van der Waals surface area contributed by atoms with Crippen LogP contribution in [0, 0.1) is 6.92 Å². The maximum atomic E-state index is 12.3. The van der Waals surface area contributed by atoms with Crippen LogP contribution in [0.3, 0.4) is 0 Å². The molecule has 3 rings (SSSR count). The first-order valence-corrected chi connectivity index (χ1v) is 7.66. The topological polar surface area (TPSA) is 39.4 Å². The molecule has 1 heterocycles. The van der Waals surface area contributed by atoms with Crippen molar-refractivity contribution in [3.8, 4) is 5.75 Å². The number of esters is 1. The molecule has 0 N–H and O–H groups in total. The molecule has 0 radical (unpaired) electrons. The van der Waals surface area contributed by atoms with E-state index in [0.29, 0.717) is 11.3 Å². The average molecular weight is 308 g/mol. The molecule has 0 amide bonds. The molecule has 0 aliphatic heterocycles. The summed E-state index contributed by atoms with van der Waals surface area (Å²) in [6.45, 7) is 8.40. The highest BCUT2D eigenvalue weighted by Crippen LogP contribution is 2.28. The molecule has 0 saturated heterocycles. The lowest BCUT2D eigenvalue weighted by atomic mass is 9.86. The van der Waals surface area contributed by atoms with Crippen LogP contribution in [-0.2, 0) is 5.41 Å². The third-order valence-electron chi connectivity index (χ3n) is 3.87. The first-order chi connectivity index (χ1) is 10.8. The van der Waals surface area contributed by atoms with Crippen molar-refractivity contribution in [1.82, 2.24) is 0 Å². The molecule has 3 heteroatoms. The van der Waals surface area contributed by atoms with Gasteiger partial charge in [0, 0.05) is 5.39 Å². The standard InChI is InChI=1S/C20H20O3/c1-13-11-15(20(2,3)4)9-10-16(13)23-19(21)18-12-14-7-5-6-8-17(14)22-18/h5-12H,1-4H3. The molecule has 23 heavy (non-hydrogen) atoms. The van der Waals surface area contributed by atoms with Crippen molar-refractivity contribution in [3.63, 3.8) is 0 Å². The molecule has 0 saturated carbocycles. The second kappa shape index (κ2) is 5.58. The summed E-state index contributed by atoms with van der Waals surface area (Å²) in [6, 6.07) is 15.1. The van der Waals surface area contributed by atoms with Crippen molar-refractivity contribution in [2.45, 2.75) is 33.1 Å². The van der Waals surface area contributed by atoms with Gasteiger partial charge < -0.3 is 9.15 Å². The fourth-order valence-electron chi connectivity index (χ4n) is 2.46. The monoisotopic (exact) mass is 308 g/mol. The molecule has 0 atom stereocenters. The Labute approximate surface area is 135 Å². The average Bonchev–Trinajstić information content (AvgIpc) is 2.92. The number of hydrogen-bond donors (Lipinski definition) is 0. The van der Waals surface area contributed by atoms with Crippen LogP contribution in [0.4, 0.5) is 0 Å². The van der Waals surface area contributed by atoms with Crippen LogP contribution in [-0.4, -0.2) is 5.97 Å². The van der Waals surface area contributed by atoms with Crippen LogP contribution >= 0.6 is 0 Å². The minimum Gasteiger partial charge on any atom is -0.449 e. The van der Waals surface area contributed by atoms with Gasteiger partial charge in [0.1, 0.15) is 11.3 Å². The predicted octanol–water partition coefficient (Wildman–Crippen LogP) is 5.26. The van der Waals surface area contributed by atoms with E-state index in [4.69, 9.17) is 9.15 Å². The van der Waals surface area contributed by atoms with Gasteiger partial charge in [-0.05, 0) is 41.7 Å². The number of carbonyl (C=O) groups is 1. The number of benzene rings is 2. The van der Waals surface area contributed by atoms with Gasteiger partial charge in [0.25, 0.3) is 0 Å². The highest BCUT2D eigenvalue weighted by atomic mass is 16.5. The van der Waals surface area contributed by atoms with E-state index in [1.807, 2.05) is 43.3 Å². The fourth-order valence-corrected chi connectivity index (χ4v) is 2.46. The summed E-state index contributed by atoms with van der Waals surface area (Å²) in [5.74, 6) is 0.293. The molecule has 118 valence electrons. The molecule has 0 aliphatic carbocycles. The number of para-hydroxylation sites is 1. The maximum absolute atomic E-state index is 12.3. The zero-order valence-corrected chi connectivity index (χ0v) is 13.8. The molecule has 0 bridgehead atoms. The summed E-state index contributed by atoms with van der Waals surface area (Å²) in [4.78, 5) is 12.3. The second-order valence-corrected chi connectivity index (χ2v) is 6.77. The van der Waals surface area contributed by atoms with E-state index in [0.717, 1.165) is 10.9 Å². The summed E-state index contributed by atoms with van der Waals surface area (Å²) in [6.07, 6.45) is 0. The highest BCUT2D eigenvalue weighted by Gasteiger charge is 2.18.